The number of sulfone groups is 1. The second-order valence-corrected chi connectivity index (χ2v) is 7.67. The minimum absolute atomic E-state index is 0.0289. The zero-order valence-electron chi connectivity index (χ0n) is 10.5. The first-order chi connectivity index (χ1) is 9.47. The molecule has 0 saturated carbocycles. The molecule has 0 saturated heterocycles. The molecule has 2 rings (SSSR count). The van der Waals surface area contributed by atoms with E-state index in [1.807, 2.05) is 24.3 Å². The van der Waals surface area contributed by atoms with Crippen molar-refractivity contribution in [3.05, 3.63) is 58.0 Å². The minimum Gasteiger partial charge on any atom is -0.384 e. The van der Waals surface area contributed by atoms with Crippen LogP contribution in [0, 0.1) is 0 Å². The summed E-state index contributed by atoms with van der Waals surface area (Å²) in [6, 6.07) is 13.8. The Morgan fingerprint density at radius 2 is 1.80 bits per heavy atom. The third kappa shape index (κ3) is 4.23. The van der Waals surface area contributed by atoms with Crippen LogP contribution in [-0.2, 0) is 9.84 Å². The van der Waals surface area contributed by atoms with E-state index in [4.69, 9.17) is 11.6 Å². The largest absolute Gasteiger partial charge is 0.384 e. The standard InChI is InChI=1S/C14H13BrClNO2S/c15-11-2-1-3-13(10-11)17-8-9-20(18,19)14-6-4-12(16)5-7-14/h1-7,10,17H,8-9H2. The summed E-state index contributed by atoms with van der Waals surface area (Å²) in [7, 11) is -3.29. The van der Waals surface area contributed by atoms with Gasteiger partial charge < -0.3 is 5.32 Å². The fourth-order valence-electron chi connectivity index (χ4n) is 1.69. The van der Waals surface area contributed by atoms with Gasteiger partial charge in [0, 0.05) is 21.7 Å². The van der Waals surface area contributed by atoms with E-state index in [1.165, 1.54) is 12.1 Å². The maximum Gasteiger partial charge on any atom is 0.180 e. The SMILES string of the molecule is O=S(=O)(CCNc1cccc(Br)c1)c1ccc(Cl)cc1. The molecule has 0 aliphatic carbocycles. The summed E-state index contributed by atoms with van der Waals surface area (Å²) in [6.45, 7) is 0.349. The van der Waals surface area contributed by atoms with Gasteiger partial charge in [-0.2, -0.15) is 0 Å². The Hall–Kier alpha value is -1.04. The van der Waals surface area contributed by atoms with Gasteiger partial charge >= 0.3 is 0 Å². The van der Waals surface area contributed by atoms with Crippen molar-refractivity contribution in [2.45, 2.75) is 4.90 Å². The van der Waals surface area contributed by atoms with Gasteiger partial charge in [-0.1, -0.05) is 33.6 Å². The lowest BCUT2D eigenvalue weighted by Crippen LogP contribution is -2.15. The van der Waals surface area contributed by atoms with Gasteiger partial charge in [-0.15, -0.1) is 0 Å². The molecule has 20 heavy (non-hydrogen) atoms. The Balaban J connectivity index is 1.98. The van der Waals surface area contributed by atoms with Gasteiger partial charge in [0.25, 0.3) is 0 Å². The molecule has 0 fully saturated rings. The predicted molar refractivity (Wildman–Crippen MR) is 86.1 cm³/mol. The van der Waals surface area contributed by atoms with E-state index in [0.717, 1.165) is 10.2 Å². The number of nitrogens with one attached hydrogen (secondary N) is 1. The monoisotopic (exact) mass is 373 g/mol. The van der Waals surface area contributed by atoms with Gasteiger partial charge in [-0.05, 0) is 42.5 Å². The molecule has 2 aromatic rings. The second-order valence-electron chi connectivity index (χ2n) is 4.21. The van der Waals surface area contributed by atoms with Gasteiger partial charge in [0.1, 0.15) is 0 Å². The van der Waals surface area contributed by atoms with Gasteiger partial charge in [-0.3, -0.25) is 0 Å². The first kappa shape index (κ1) is 15.4. The van der Waals surface area contributed by atoms with Crippen molar-refractivity contribution in [3.63, 3.8) is 0 Å². The van der Waals surface area contributed by atoms with E-state index in [0.29, 0.717) is 11.6 Å². The molecule has 0 heterocycles. The summed E-state index contributed by atoms with van der Waals surface area (Å²) < 4.78 is 25.2. The minimum atomic E-state index is -3.29. The Kier molecular flexibility index (Phi) is 5.07. The molecule has 0 spiro atoms. The molecule has 106 valence electrons. The molecule has 1 N–H and O–H groups in total. The number of hydrogen-bond acceptors (Lipinski definition) is 3. The topological polar surface area (TPSA) is 46.2 Å². The van der Waals surface area contributed by atoms with Crippen LogP contribution in [0.15, 0.2) is 57.9 Å². The van der Waals surface area contributed by atoms with Crippen molar-refractivity contribution in [2.75, 3.05) is 17.6 Å². The van der Waals surface area contributed by atoms with E-state index in [9.17, 15) is 8.42 Å². The van der Waals surface area contributed by atoms with Gasteiger partial charge in [-0.25, -0.2) is 8.42 Å². The molecular weight excluding hydrogens is 362 g/mol. The third-order valence-corrected chi connectivity index (χ3v) is 5.17. The summed E-state index contributed by atoms with van der Waals surface area (Å²) in [5.74, 6) is 0.0289. The molecule has 0 aliphatic rings. The van der Waals surface area contributed by atoms with Crippen LogP contribution in [0.5, 0.6) is 0 Å². The number of anilines is 1. The van der Waals surface area contributed by atoms with Crippen molar-refractivity contribution in [2.24, 2.45) is 0 Å². The fourth-order valence-corrected chi connectivity index (χ4v) is 3.37. The van der Waals surface area contributed by atoms with E-state index < -0.39 is 9.84 Å². The average Bonchev–Trinajstić information content (AvgIpc) is 2.39. The zero-order chi connectivity index (χ0) is 14.6. The summed E-state index contributed by atoms with van der Waals surface area (Å²) in [4.78, 5) is 0.290. The molecule has 0 unspecified atom stereocenters. The summed E-state index contributed by atoms with van der Waals surface area (Å²) in [6.07, 6.45) is 0. The smallest absolute Gasteiger partial charge is 0.180 e. The number of hydrogen-bond donors (Lipinski definition) is 1. The highest BCUT2D eigenvalue weighted by molar-refractivity contribution is 9.10. The molecule has 2 aromatic carbocycles. The van der Waals surface area contributed by atoms with Crippen LogP contribution in [0.3, 0.4) is 0 Å². The van der Waals surface area contributed by atoms with E-state index in [-0.39, 0.29) is 10.6 Å². The van der Waals surface area contributed by atoms with Gasteiger partial charge in [0.05, 0.1) is 10.6 Å². The van der Waals surface area contributed by atoms with Gasteiger partial charge in [0.2, 0.25) is 0 Å². The second kappa shape index (κ2) is 6.61. The van der Waals surface area contributed by atoms with Crippen molar-refractivity contribution in [3.8, 4) is 0 Å². The highest BCUT2D eigenvalue weighted by Gasteiger charge is 2.13. The fraction of sp³-hybridized carbons (Fsp3) is 0.143. The molecule has 0 aliphatic heterocycles. The van der Waals surface area contributed by atoms with Crippen molar-refractivity contribution in [1.82, 2.24) is 0 Å². The predicted octanol–water partition coefficient (Wildman–Crippen LogP) is 3.99. The van der Waals surface area contributed by atoms with Crippen LogP contribution in [0.2, 0.25) is 5.02 Å². The summed E-state index contributed by atoms with van der Waals surface area (Å²) >= 11 is 9.12. The van der Waals surface area contributed by atoms with Crippen LogP contribution in [-0.4, -0.2) is 20.7 Å². The van der Waals surface area contributed by atoms with Crippen LogP contribution in [0.4, 0.5) is 5.69 Å². The van der Waals surface area contributed by atoms with Crippen LogP contribution in [0.25, 0.3) is 0 Å². The first-order valence-corrected chi connectivity index (χ1v) is 8.77. The molecular formula is C14H13BrClNO2S. The molecule has 3 nitrogen and oxygen atoms in total. The Labute approximate surface area is 132 Å². The molecule has 0 atom stereocenters. The van der Waals surface area contributed by atoms with E-state index in [1.54, 1.807) is 12.1 Å². The molecule has 6 heteroatoms. The summed E-state index contributed by atoms with van der Waals surface area (Å²) in [5, 5.41) is 3.61. The molecule has 0 aromatic heterocycles. The lowest BCUT2D eigenvalue weighted by Gasteiger charge is -2.08. The van der Waals surface area contributed by atoms with Crippen LogP contribution in [0.1, 0.15) is 0 Å². The van der Waals surface area contributed by atoms with Crippen LogP contribution >= 0.6 is 27.5 Å². The van der Waals surface area contributed by atoms with Crippen LogP contribution < -0.4 is 5.32 Å². The van der Waals surface area contributed by atoms with Crippen molar-refractivity contribution < 1.29 is 8.42 Å². The number of rotatable bonds is 5. The molecule has 0 amide bonds. The lowest BCUT2D eigenvalue weighted by molar-refractivity contribution is 0.596. The lowest BCUT2D eigenvalue weighted by atomic mass is 10.3. The summed E-state index contributed by atoms with van der Waals surface area (Å²) in [5.41, 5.74) is 0.880. The van der Waals surface area contributed by atoms with Gasteiger partial charge in [0.15, 0.2) is 9.84 Å². The van der Waals surface area contributed by atoms with E-state index >= 15 is 0 Å². The highest BCUT2D eigenvalue weighted by atomic mass is 79.9. The maximum atomic E-state index is 12.1. The highest BCUT2D eigenvalue weighted by Crippen LogP contribution is 2.17. The zero-order valence-corrected chi connectivity index (χ0v) is 13.7. The average molecular weight is 375 g/mol. The maximum absolute atomic E-state index is 12.1. The number of benzene rings is 2. The Morgan fingerprint density at radius 3 is 2.45 bits per heavy atom. The molecule has 0 radical (unpaired) electrons. The molecule has 0 bridgehead atoms. The van der Waals surface area contributed by atoms with E-state index in [2.05, 4.69) is 21.2 Å². The van der Waals surface area contributed by atoms with Crippen molar-refractivity contribution >= 4 is 43.1 Å². The first-order valence-electron chi connectivity index (χ1n) is 5.95. The van der Waals surface area contributed by atoms with Crippen molar-refractivity contribution in [1.29, 1.82) is 0 Å². The normalized spacial score (nSPS) is 11.3. The Morgan fingerprint density at radius 1 is 1.10 bits per heavy atom. The number of halogens is 2. The third-order valence-electron chi connectivity index (χ3n) is 2.70. The quantitative estimate of drug-likeness (QED) is 0.861. The Bertz CT molecular complexity index is 687.